The van der Waals surface area contributed by atoms with Gasteiger partial charge < -0.3 is 15.4 Å². The van der Waals surface area contributed by atoms with E-state index in [4.69, 9.17) is 4.74 Å². The molecule has 2 N–H and O–H groups in total. The molecule has 0 aliphatic rings. The predicted octanol–water partition coefficient (Wildman–Crippen LogP) is 6.64. The Kier molecular flexibility index (Phi) is 8.07. The molecule has 7 nitrogen and oxygen atoms in total. The molecule has 0 aliphatic heterocycles. The van der Waals surface area contributed by atoms with E-state index in [0.717, 1.165) is 11.1 Å². The van der Waals surface area contributed by atoms with Crippen LogP contribution in [-0.4, -0.2) is 16.8 Å². The number of hydrogen-bond acceptors (Lipinski definition) is 5. The largest absolute Gasteiger partial charge is 0.489 e. The summed E-state index contributed by atoms with van der Waals surface area (Å²) < 4.78 is 5.80. The summed E-state index contributed by atoms with van der Waals surface area (Å²) in [5, 5.41) is 15.1. The van der Waals surface area contributed by atoms with Crippen LogP contribution in [0.1, 0.15) is 63.9 Å². The van der Waals surface area contributed by atoms with E-state index in [1.165, 1.54) is 6.20 Å². The van der Waals surface area contributed by atoms with Crippen molar-refractivity contribution in [2.24, 2.45) is 0 Å². The van der Waals surface area contributed by atoms with Gasteiger partial charge in [-0.3, -0.25) is 14.6 Å². The third kappa shape index (κ3) is 7.08. The summed E-state index contributed by atoms with van der Waals surface area (Å²) >= 11 is 0. The fourth-order valence-electron chi connectivity index (χ4n) is 3.86. The fourth-order valence-corrected chi connectivity index (χ4v) is 3.86. The molecule has 4 rings (SSSR count). The van der Waals surface area contributed by atoms with Crippen molar-refractivity contribution < 1.29 is 14.3 Å². The summed E-state index contributed by atoms with van der Waals surface area (Å²) in [6.45, 7) is 8.24. The molecule has 0 atom stereocenters. The minimum absolute atomic E-state index is 0.231. The van der Waals surface area contributed by atoms with Gasteiger partial charge in [-0.1, -0.05) is 51.1 Å². The van der Waals surface area contributed by atoms with Gasteiger partial charge in [-0.25, -0.2) is 0 Å². The van der Waals surface area contributed by atoms with Crippen molar-refractivity contribution >= 4 is 23.2 Å². The summed E-state index contributed by atoms with van der Waals surface area (Å²) in [6.07, 6.45) is 1.50. The van der Waals surface area contributed by atoms with Crippen LogP contribution in [0.25, 0.3) is 0 Å². The lowest BCUT2D eigenvalue weighted by Crippen LogP contribution is -2.18. The highest BCUT2D eigenvalue weighted by molar-refractivity contribution is 6.08. The molecule has 3 aromatic carbocycles. The molecule has 7 heteroatoms. The fraction of sp³-hybridized carbons (Fsp3) is 0.188. The topological polar surface area (TPSA) is 104 Å². The standard InChI is InChI=1S/C32H30N4O3/c1-21-29(31(38)35-26-10-12-28(13-11-26)39-20-22-8-6-5-7-9-22)17-27(19-34-21)36-30(37)24-14-23(18-33)15-25(16-24)32(2,3)4/h5-17,19H,20H2,1-4H3,(H,35,38)(H,36,37). The van der Waals surface area contributed by atoms with Crippen molar-refractivity contribution in [3.05, 3.63) is 119 Å². The summed E-state index contributed by atoms with van der Waals surface area (Å²) in [7, 11) is 0. The van der Waals surface area contributed by atoms with Gasteiger partial charge in [0.15, 0.2) is 0 Å². The number of hydrogen-bond donors (Lipinski definition) is 2. The summed E-state index contributed by atoms with van der Waals surface area (Å²) in [6, 6.07) is 25.8. The minimum Gasteiger partial charge on any atom is -0.489 e. The number of carbonyl (C=O) groups excluding carboxylic acids is 2. The predicted molar refractivity (Wildman–Crippen MR) is 152 cm³/mol. The molecule has 1 aromatic heterocycles. The maximum absolute atomic E-state index is 13.0. The smallest absolute Gasteiger partial charge is 0.257 e. The Bertz CT molecular complexity index is 1530. The quantitative estimate of drug-likeness (QED) is 0.285. The third-order valence-electron chi connectivity index (χ3n) is 6.14. The van der Waals surface area contributed by atoms with Gasteiger partial charge in [0.1, 0.15) is 12.4 Å². The Balaban J connectivity index is 1.44. The van der Waals surface area contributed by atoms with Gasteiger partial charge in [0, 0.05) is 11.3 Å². The number of ether oxygens (including phenoxy) is 1. The Hall–Kier alpha value is -4.96. The Labute approximate surface area is 228 Å². The van der Waals surface area contributed by atoms with E-state index in [9.17, 15) is 14.9 Å². The number of anilines is 2. The van der Waals surface area contributed by atoms with Gasteiger partial charge in [-0.2, -0.15) is 5.26 Å². The van der Waals surface area contributed by atoms with Crippen LogP contribution >= 0.6 is 0 Å². The van der Waals surface area contributed by atoms with E-state index in [-0.39, 0.29) is 17.2 Å². The van der Waals surface area contributed by atoms with Crippen LogP contribution in [0.4, 0.5) is 11.4 Å². The van der Waals surface area contributed by atoms with Gasteiger partial charge >= 0.3 is 0 Å². The van der Waals surface area contributed by atoms with Crippen molar-refractivity contribution in [1.29, 1.82) is 5.26 Å². The highest BCUT2D eigenvalue weighted by atomic mass is 16.5. The molecule has 0 saturated heterocycles. The number of nitrogens with one attached hydrogen (secondary N) is 2. The molecule has 0 saturated carbocycles. The highest BCUT2D eigenvalue weighted by Gasteiger charge is 2.19. The number of rotatable bonds is 7. The maximum Gasteiger partial charge on any atom is 0.257 e. The van der Waals surface area contributed by atoms with Gasteiger partial charge in [0.2, 0.25) is 0 Å². The molecular formula is C32H30N4O3. The SMILES string of the molecule is Cc1ncc(NC(=O)c2cc(C#N)cc(C(C)(C)C)c2)cc1C(=O)Nc1ccc(OCc2ccccc2)cc1. The van der Waals surface area contributed by atoms with E-state index < -0.39 is 0 Å². The van der Waals surface area contributed by atoms with Crippen LogP contribution in [0.15, 0.2) is 85.1 Å². The Morgan fingerprint density at radius 3 is 2.26 bits per heavy atom. The normalized spacial score (nSPS) is 10.8. The van der Waals surface area contributed by atoms with E-state index in [1.54, 1.807) is 55.5 Å². The van der Waals surface area contributed by atoms with Crippen molar-refractivity contribution in [3.8, 4) is 11.8 Å². The Morgan fingerprint density at radius 2 is 1.59 bits per heavy atom. The number of carbonyl (C=O) groups is 2. The first-order valence-electron chi connectivity index (χ1n) is 12.5. The second-order valence-corrected chi connectivity index (χ2v) is 10.2. The molecule has 196 valence electrons. The first-order chi connectivity index (χ1) is 18.6. The number of nitriles is 1. The number of nitrogens with zero attached hydrogens (tertiary/aromatic N) is 2. The molecule has 39 heavy (non-hydrogen) atoms. The molecule has 0 radical (unpaired) electrons. The second-order valence-electron chi connectivity index (χ2n) is 10.2. The van der Waals surface area contributed by atoms with Crippen LogP contribution in [0, 0.1) is 18.3 Å². The Morgan fingerprint density at radius 1 is 0.897 bits per heavy atom. The molecule has 1 heterocycles. The van der Waals surface area contributed by atoms with Crippen LogP contribution in [0.5, 0.6) is 5.75 Å². The second kappa shape index (κ2) is 11.6. The molecule has 0 spiro atoms. The van der Waals surface area contributed by atoms with Crippen LogP contribution in [0.3, 0.4) is 0 Å². The number of amides is 2. The third-order valence-corrected chi connectivity index (χ3v) is 6.14. The van der Waals surface area contributed by atoms with Crippen molar-refractivity contribution in [1.82, 2.24) is 4.98 Å². The van der Waals surface area contributed by atoms with Gasteiger partial charge in [-0.15, -0.1) is 0 Å². The van der Waals surface area contributed by atoms with Gasteiger partial charge in [0.25, 0.3) is 11.8 Å². The lowest BCUT2D eigenvalue weighted by molar-refractivity contribution is 0.101. The minimum atomic E-state index is -0.388. The zero-order chi connectivity index (χ0) is 28.0. The van der Waals surface area contributed by atoms with Crippen molar-refractivity contribution in [3.63, 3.8) is 0 Å². The molecular weight excluding hydrogens is 488 g/mol. The molecule has 0 unspecified atom stereocenters. The van der Waals surface area contributed by atoms with E-state index in [1.807, 2.05) is 51.1 Å². The molecule has 0 aliphatic carbocycles. The maximum atomic E-state index is 13.0. The monoisotopic (exact) mass is 518 g/mol. The summed E-state index contributed by atoms with van der Waals surface area (Å²) in [4.78, 5) is 30.4. The molecule has 0 fully saturated rings. The zero-order valence-corrected chi connectivity index (χ0v) is 22.4. The van der Waals surface area contributed by atoms with Gasteiger partial charge in [-0.05, 0) is 72.0 Å². The zero-order valence-electron chi connectivity index (χ0n) is 22.4. The average Bonchev–Trinajstić information content (AvgIpc) is 2.93. The van der Waals surface area contributed by atoms with Crippen molar-refractivity contribution in [2.75, 3.05) is 10.6 Å². The average molecular weight is 519 g/mol. The first kappa shape index (κ1) is 27.1. The van der Waals surface area contributed by atoms with E-state index in [2.05, 4.69) is 21.7 Å². The van der Waals surface area contributed by atoms with E-state index in [0.29, 0.717) is 46.1 Å². The highest BCUT2D eigenvalue weighted by Crippen LogP contribution is 2.25. The van der Waals surface area contributed by atoms with Crippen molar-refractivity contribution in [2.45, 2.75) is 39.7 Å². The van der Waals surface area contributed by atoms with Crippen LogP contribution in [-0.2, 0) is 12.0 Å². The molecule has 0 bridgehead atoms. The van der Waals surface area contributed by atoms with E-state index >= 15 is 0 Å². The lowest BCUT2D eigenvalue weighted by atomic mass is 9.85. The number of aromatic nitrogens is 1. The number of pyridine rings is 1. The first-order valence-corrected chi connectivity index (χ1v) is 12.5. The summed E-state index contributed by atoms with van der Waals surface area (Å²) in [5.41, 5.74) is 4.32. The molecule has 2 amide bonds. The van der Waals surface area contributed by atoms with Crippen LogP contribution < -0.4 is 15.4 Å². The van der Waals surface area contributed by atoms with Crippen LogP contribution in [0.2, 0.25) is 0 Å². The van der Waals surface area contributed by atoms with Gasteiger partial charge in [0.05, 0.1) is 34.8 Å². The lowest BCUT2D eigenvalue weighted by Gasteiger charge is -2.20. The number of benzene rings is 3. The molecule has 4 aromatic rings. The summed E-state index contributed by atoms with van der Waals surface area (Å²) in [5.74, 6) is -0.0502. The number of aryl methyl sites for hydroxylation is 1.